The third-order valence-corrected chi connectivity index (χ3v) is 4.31. The first kappa shape index (κ1) is 14.1. The molecule has 1 amide bonds. The van der Waals surface area contributed by atoms with E-state index in [4.69, 9.17) is 0 Å². The summed E-state index contributed by atoms with van der Waals surface area (Å²) in [5.41, 5.74) is 3.30. The molecular formula is C17H17BrN2O. The topological polar surface area (TPSA) is 32.3 Å². The number of benzene rings is 2. The molecule has 1 heterocycles. The number of para-hydroxylation sites is 1. The molecule has 0 saturated heterocycles. The third-order valence-electron chi connectivity index (χ3n) is 3.82. The maximum Gasteiger partial charge on any atom is 0.232 e. The Morgan fingerprint density at radius 1 is 1.29 bits per heavy atom. The van der Waals surface area contributed by atoms with E-state index in [9.17, 15) is 4.79 Å². The molecule has 21 heavy (non-hydrogen) atoms. The number of amides is 1. The van der Waals surface area contributed by atoms with Crippen LogP contribution in [0.1, 0.15) is 17.0 Å². The largest absolute Gasteiger partial charge is 0.384 e. The summed E-state index contributed by atoms with van der Waals surface area (Å²) < 4.78 is 1.04. The Morgan fingerprint density at radius 3 is 2.90 bits per heavy atom. The highest BCUT2D eigenvalue weighted by Gasteiger charge is 2.30. The van der Waals surface area contributed by atoms with E-state index in [0.717, 1.165) is 21.3 Å². The van der Waals surface area contributed by atoms with Crippen molar-refractivity contribution in [1.29, 1.82) is 0 Å². The molecule has 0 aromatic heterocycles. The fourth-order valence-electron chi connectivity index (χ4n) is 2.76. The molecule has 0 spiro atoms. The fourth-order valence-corrected chi connectivity index (χ4v) is 3.20. The van der Waals surface area contributed by atoms with Gasteiger partial charge in [0.15, 0.2) is 0 Å². The zero-order valence-corrected chi connectivity index (χ0v) is 13.4. The molecule has 0 aliphatic carbocycles. The number of anilines is 1. The highest BCUT2D eigenvalue weighted by atomic mass is 79.9. The lowest BCUT2D eigenvalue weighted by Crippen LogP contribution is -2.32. The van der Waals surface area contributed by atoms with Crippen LogP contribution in [0.25, 0.3) is 0 Å². The zero-order chi connectivity index (χ0) is 14.8. The Morgan fingerprint density at radius 2 is 2.10 bits per heavy atom. The van der Waals surface area contributed by atoms with Crippen LogP contribution in [0.5, 0.6) is 0 Å². The number of nitrogens with one attached hydrogen (secondary N) is 1. The number of likely N-dealkylation sites (N-methyl/N-ethyl adjacent to an activating group) is 1. The maximum absolute atomic E-state index is 12.7. The third kappa shape index (κ3) is 2.95. The minimum Gasteiger partial charge on any atom is -0.384 e. The first-order valence-electron chi connectivity index (χ1n) is 6.97. The molecule has 0 bridgehead atoms. The van der Waals surface area contributed by atoms with Crippen molar-refractivity contribution in [3.8, 4) is 0 Å². The summed E-state index contributed by atoms with van der Waals surface area (Å²) in [6.45, 7) is 1.30. The number of rotatable bonds is 3. The van der Waals surface area contributed by atoms with E-state index in [-0.39, 0.29) is 11.8 Å². The standard InChI is InChI=1S/C17H17BrN2O/c1-20(11-12-5-4-6-13(18)9-12)17(21)15-10-19-16-8-3-2-7-14(15)16/h2-9,15,19H,10-11H2,1H3. The average Bonchev–Trinajstić information content (AvgIpc) is 2.90. The second-order valence-corrected chi connectivity index (χ2v) is 6.26. The lowest BCUT2D eigenvalue weighted by molar-refractivity contribution is -0.131. The van der Waals surface area contributed by atoms with Crippen LogP contribution in [0, 0.1) is 0 Å². The molecule has 3 nitrogen and oxygen atoms in total. The Labute approximate surface area is 133 Å². The molecule has 3 rings (SSSR count). The van der Waals surface area contributed by atoms with Crippen LogP contribution in [0.3, 0.4) is 0 Å². The fraction of sp³-hybridized carbons (Fsp3) is 0.235. The van der Waals surface area contributed by atoms with Gasteiger partial charge in [-0.3, -0.25) is 4.79 Å². The molecule has 1 aliphatic heterocycles. The Kier molecular flexibility index (Phi) is 3.97. The smallest absolute Gasteiger partial charge is 0.232 e. The number of carbonyl (C=O) groups is 1. The van der Waals surface area contributed by atoms with Gasteiger partial charge in [-0.05, 0) is 29.3 Å². The molecule has 0 fully saturated rings. The van der Waals surface area contributed by atoms with Gasteiger partial charge >= 0.3 is 0 Å². The van der Waals surface area contributed by atoms with E-state index in [1.165, 1.54) is 0 Å². The quantitative estimate of drug-likeness (QED) is 0.922. The van der Waals surface area contributed by atoms with Gasteiger partial charge in [-0.15, -0.1) is 0 Å². The number of halogens is 1. The molecule has 1 N–H and O–H groups in total. The molecule has 2 aromatic carbocycles. The van der Waals surface area contributed by atoms with E-state index in [1.807, 2.05) is 55.6 Å². The summed E-state index contributed by atoms with van der Waals surface area (Å²) in [6, 6.07) is 16.1. The van der Waals surface area contributed by atoms with Gasteiger partial charge in [0.1, 0.15) is 0 Å². The van der Waals surface area contributed by atoms with Crippen LogP contribution >= 0.6 is 15.9 Å². The first-order valence-corrected chi connectivity index (χ1v) is 7.76. The van der Waals surface area contributed by atoms with Gasteiger partial charge in [-0.2, -0.15) is 0 Å². The SMILES string of the molecule is CN(Cc1cccc(Br)c1)C(=O)C1CNc2ccccc21. The van der Waals surface area contributed by atoms with Gasteiger partial charge in [0.05, 0.1) is 5.92 Å². The Bertz CT molecular complexity index is 671. The van der Waals surface area contributed by atoms with Crippen molar-refractivity contribution < 1.29 is 4.79 Å². The maximum atomic E-state index is 12.7. The van der Waals surface area contributed by atoms with E-state index < -0.39 is 0 Å². The number of nitrogens with zero attached hydrogens (tertiary/aromatic N) is 1. The van der Waals surface area contributed by atoms with Crippen molar-refractivity contribution in [3.63, 3.8) is 0 Å². The lowest BCUT2D eigenvalue weighted by atomic mass is 10.00. The van der Waals surface area contributed by atoms with Crippen molar-refractivity contribution in [1.82, 2.24) is 4.90 Å². The summed E-state index contributed by atoms with van der Waals surface area (Å²) in [4.78, 5) is 14.5. The van der Waals surface area contributed by atoms with E-state index in [2.05, 4.69) is 21.2 Å². The molecular weight excluding hydrogens is 328 g/mol. The Balaban J connectivity index is 1.74. The lowest BCUT2D eigenvalue weighted by Gasteiger charge is -2.21. The van der Waals surface area contributed by atoms with Gasteiger partial charge in [0, 0.05) is 30.3 Å². The summed E-state index contributed by atoms with van der Waals surface area (Å²) in [7, 11) is 1.87. The summed E-state index contributed by atoms with van der Waals surface area (Å²) in [5, 5.41) is 3.30. The summed E-state index contributed by atoms with van der Waals surface area (Å²) >= 11 is 3.46. The van der Waals surface area contributed by atoms with E-state index in [0.29, 0.717) is 13.1 Å². The predicted octanol–water partition coefficient (Wildman–Crippen LogP) is 3.62. The van der Waals surface area contributed by atoms with E-state index in [1.54, 1.807) is 4.90 Å². The first-order chi connectivity index (χ1) is 10.1. The van der Waals surface area contributed by atoms with Crippen LogP contribution < -0.4 is 5.32 Å². The number of fused-ring (bicyclic) bond motifs is 1. The second-order valence-electron chi connectivity index (χ2n) is 5.34. The van der Waals surface area contributed by atoms with Crippen LogP contribution in [0.2, 0.25) is 0 Å². The van der Waals surface area contributed by atoms with Gasteiger partial charge in [0.2, 0.25) is 5.91 Å². The molecule has 1 unspecified atom stereocenters. The molecule has 0 radical (unpaired) electrons. The van der Waals surface area contributed by atoms with Crippen molar-refractivity contribution in [2.75, 3.05) is 18.9 Å². The minimum absolute atomic E-state index is 0.0849. The average molecular weight is 345 g/mol. The van der Waals surface area contributed by atoms with Crippen molar-refractivity contribution in [3.05, 3.63) is 64.1 Å². The highest BCUT2D eigenvalue weighted by molar-refractivity contribution is 9.10. The van der Waals surface area contributed by atoms with Crippen molar-refractivity contribution >= 4 is 27.5 Å². The zero-order valence-electron chi connectivity index (χ0n) is 11.8. The highest BCUT2D eigenvalue weighted by Crippen LogP contribution is 2.32. The number of hydrogen-bond acceptors (Lipinski definition) is 2. The van der Waals surface area contributed by atoms with Gasteiger partial charge < -0.3 is 10.2 Å². The molecule has 1 atom stereocenters. The molecule has 1 aliphatic rings. The summed E-state index contributed by atoms with van der Waals surface area (Å²) in [5.74, 6) is 0.0748. The molecule has 4 heteroatoms. The molecule has 108 valence electrons. The molecule has 0 saturated carbocycles. The molecule has 2 aromatic rings. The predicted molar refractivity (Wildman–Crippen MR) is 88.3 cm³/mol. The Hall–Kier alpha value is -1.81. The monoisotopic (exact) mass is 344 g/mol. The van der Waals surface area contributed by atoms with Gasteiger partial charge in [-0.1, -0.05) is 46.3 Å². The van der Waals surface area contributed by atoms with Crippen molar-refractivity contribution in [2.24, 2.45) is 0 Å². The van der Waals surface area contributed by atoms with Gasteiger partial charge in [0.25, 0.3) is 0 Å². The second kappa shape index (κ2) is 5.90. The number of hydrogen-bond donors (Lipinski definition) is 1. The van der Waals surface area contributed by atoms with Crippen molar-refractivity contribution in [2.45, 2.75) is 12.5 Å². The van der Waals surface area contributed by atoms with Gasteiger partial charge in [-0.25, -0.2) is 0 Å². The van der Waals surface area contributed by atoms with E-state index >= 15 is 0 Å². The normalized spacial score (nSPS) is 16.2. The van der Waals surface area contributed by atoms with Crippen LogP contribution in [0.4, 0.5) is 5.69 Å². The minimum atomic E-state index is -0.0849. The number of carbonyl (C=O) groups excluding carboxylic acids is 1. The van der Waals surface area contributed by atoms with Crippen LogP contribution in [0.15, 0.2) is 53.0 Å². The van der Waals surface area contributed by atoms with Crippen LogP contribution in [-0.2, 0) is 11.3 Å². The summed E-state index contributed by atoms with van der Waals surface area (Å²) in [6.07, 6.45) is 0. The van der Waals surface area contributed by atoms with Crippen LogP contribution in [-0.4, -0.2) is 24.4 Å².